The van der Waals surface area contributed by atoms with Crippen LogP contribution >= 0.6 is 24.0 Å². The Morgan fingerprint density at radius 3 is 2.71 bits per heavy atom. The van der Waals surface area contributed by atoms with E-state index in [4.69, 9.17) is 15.2 Å². The van der Waals surface area contributed by atoms with Crippen molar-refractivity contribution in [3.8, 4) is 17.4 Å². The number of halogens is 1. The summed E-state index contributed by atoms with van der Waals surface area (Å²) >= 11 is 0. The van der Waals surface area contributed by atoms with E-state index in [1.54, 1.807) is 25.4 Å². The van der Waals surface area contributed by atoms with Crippen LogP contribution in [-0.2, 0) is 6.54 Å². The maximum atomic E-state index is 5.75. The second-order valence-corrected chi connectivity index (χ2v) is 4.91. The summed E-state index contributed by atoms with van der Waals surface area (Å²) in [6, 6.07) is 11.1. The summed E-state index contributed by atoms with van der Waals surface area (Å²) in [7, 11) is 1.62. The standard InChI is InChI=1S/C17H22N4O2.HI/c1-3-9-19-17(18)21-12-13-7-8-16(20-11-13)23-15-6-4-5-14(10-15)22-2;/h4-8,10-11H,3,9,12H2,1-2H3,(H3,18,19,21);1H. The first-order valence-corrected chi connectivity index (χ1v) is 7.52. The maximum Gasteiger partial charge on any atom is 0.219 e. The number of nitrogens with one attached hydrogen (secondary N) is 1. The number of ether oxygens (including phenoxy) is 2. The van der Waals surface area contributed by atoms with Gasteiger partial charge in [0.2, 0.25) is 5.88 Å². The molecule has 0 amide bonds. The summed E-state index contributed by atoms with van der Waals surface area (Å²) in [4.78, 5) is 8.53. The van der Waals surface area contributed by atoms with Crippen molar-refractivity contribution >= 4 is 29.9 Å². The highest BCUT2D eigenvalue weighted by atomic mass is 127. The normalized spacial score (nSPS) is 10.7. The molecule has 0 unspecified atom stereocenters. The van der Waals surface area contributed by atoms with Crippen LogP contribution in [0, 0.1) is 0 Å². The Balaban J connectivity index is 0.00000288. The van der Waals surface area contributed by atoms with Gasteiger partial charge < -0.3 is 20.5 Å². The van der Waals surface area contributed by atoms with Gasteiger partial charge in [0, 0.05) is 24.9 Å². The monoisotopic (exact) mass is 442 g/mol. The quantitative estimate of drug-likeness (QED) is 0.391. The molecule has 2 aromatic rings. The van der Waals surface area contributed by atoms with Crippen molar-refractivity contribution in [2.75, 3.05) is 13.7 Å². The lowest BCUT2D eigenvalue weighted by Gasteiger charge is -2.07. The van der Waals surface area contributed by atoms with Crippen LogP contribution in [0.5, 0.6) is 17.4 Å². The van der Waals surface area contributed by atoms with Gasteiger partial charge in [-0.2, -0.15) is 0 Å². The molecule has 0 atom stereocenters. The Bertz CT molecular complexity index is 647. The topological polar surface area (TPSA) is 81.8 Å². The molecule has 7 heteroatoms. The molecule has 130 valence electrons. The molecule has 3 N–H and O–H groups in total. The predicted octanol–water partition coefficient (Wildman–Crippen LogP) is 3.31. The summed E-state index contributed by atoms with van der Waals surface area (Å²) in [5.74, 6) is 2.38. The fraction of sp³-hybridized carbons (Fsp3) is 0.294. The van der Waals surface area contributed by atoms with E-state index < -0.39 is 0 Å². The smallest absolute Gasteiger partial charge is 0.219 e. The van der Waals surface area contributed by atoms with E-state index in [-0.39, 0.29) is 24.0 Å². The van der Waals surface area contributed by atoms with Gasteiger partial charge in [0.15, 0.2) is 5.96 Å². The highest BCUT2D eigenvalue weighted by Crippen LogP contribution is 2.23. The molecule has 24 heavy (non-hydrogen) atoms. The first-order valence-electron chi connectivity index (χ1n) is 7.52. The lowest BCUT2D eigenvalue weighted by atomic mass is 10.3. The molecule has 2 rings (SSSR count). The second-order valence-electron chi connectivity index (χ2n) is 4.91. The molecule has 1 aromatic carbocycles. The predicted molar refractivity (Wildman–Crippen MR) is 106 cm³/mol. The lowest BCUT2D eigenvalue weighted by Crippen LogP contribution is -2.32. The molecule has 6 nitrogen and oxygen atoms in total. The first kappa shape index (κ1) is 20.0. The van der Waals surface area contributed by atoms with Crippen LogP contribution in [0.25, 0.3) is 0 Å². The summed E-state index contributed by atoms with van der Waals surface area (Å²) in [6.07, 6.45) is 2.74. The van der Waals surface area contributed by atoms with Gasteiger partial charge in [-0.15, -0.1) is 24.0 Å². The largest absolute Gasteiger partial charge is 0.497 e. The molecule has 0 aliphatic carbocycles. The van der Waals surface area contributed by atoms with Crippen molar-refractivity contribution in [1.29, 1.82) is 0 Å². The van der Waals surface area contributed by atoms with Crippen LogP contribution < -0.4 is 20.5 Å². The molecule has 0 spiro atoms. The molecular formula is C17H23IN4O2. The minimum absolute atomic E-state index is 0. The molecule has 0 saturated carbocycles. The third-order valence-corrected chi connectivity index (χ3v) is 3.05. The average Bonchev–Trinajstić information content (AvgIpc) is 2.59. The number of rotatable bonds is 7. The number of hydrogen-bond donors (Lipinski definition) is 2. The number of pyridine rings is 1. The Morgan fingerprint density at radius 2 is 2.04 bits per heavy atom. The average molecular weight is 442 g/mol. The van der Waals surface area contributed by atoms with Gasteiger partial charge >= 0.3 is 0 Å². The van der Waals surface area contributed by atoms with Crippen molar-refractivity contribution in [3.63, 3.8) is 0 Å². The number of aliphatic imine (C=N–C) groups is 1. The molecular weight excluding hydrogens is 419 g/mol. The van der Waals surface area contributed by atoms with Crippen molar-refractivity contribution in [2.45, 2.75) is 19.9 Å². The second kappa shape index (κ2) is 10.7. The van der Waals surface area contributed by atoms with Crippen LogP contribution in [0.15, 0.2) is 47.6 Å². The first-order chi connectivity index (χ1) is 11.2. The third kappa shape index (κ3) is 6.61. The fourth-order valence-corrected chi connectivity index (χ4v) is 1.84. The van der Waals surface area contributed by atoms with Gasteiger partial charge in [-0.3, -0.25) is 0 Å². The minimum Gasteiger partial charge on any atom is -0.497 e. The summed E-state index contributed by atoms with van der Waals surface area (Å²) in [5.41, 5.74) is 6.71. The Hall–Kier alpha value is -2.03. The molecule has 0 radical (unpaired) electrons. The Morgan fingerprint density at radius 1 is 1.25 bits per heavy atom. The van der Waals surface area contributed by atoms with E-state index in [1.807, 2.05) is 24.3 Å². The fourth-order valence-electron chi connectivity index (χ4n) is 1.84. The highest BCUT2D eigenvalue weighted by molar-refractivity contribution is 14.0. The number of guanidine groups is 1. The van der Waals surface area contributed by atoms with E-state index in [0.717, 1.165) is 24.3 Å². The number of nitrogens with two attached hydrogens (primary N) is 1. The van der Waals surface area contributed by atoms with Crippen molar-refractivity contribution < 1.29 is 9.47 Å². The summed E-state index contributed by atoms with van der Waals surface area (Å²) in [5, 5.41) is 3.03. The molecule has 0 saturated heterocycles. The number of methoxy groups -OCH3 is 1. The Kier molecular flexibility index (Phi) is 8.92. The third-order valence-electron chi connectivity index (χ3n) is 3.05. The molecule has 0 bridgehead atoms. The van der Waals surface area contributed by atoms with Crippen LogP contribution in [-0.4, -0.2) is 24.6 Å². The van der Waals surface area contributed by atoms with E-state index >= 15 is 0 Å². The van der Waals surface area contributed by atoms with Gasteiger partial charge in [0.1, 0.15) is 11.5 Å². The molecule has 0 aliphatic rings. The summed E-state index contributed by atoms with van der Waals surface area (Å²) in [6.45, 7) is 3.38. The maximum absolute atomic E-state index is 5.75. The van der Waals surface area contributed by atoms with Crippen LogP contribution in [0.3, 0.4) is 0 Å². The summed E-state index contributed by atoms with van der Waals surface area (Å²) < 4.78 is 10.9. The SMILES string of the molecule is CCCNC(N)=NCc1ccc(Oc2cccc(OC)c2)nc1.I. The molecule has 1 heterocycles. The van der Waals surface area contributed by atoms with Crippen LogP contribution in [0.2, 0.25) is 0 Å². The minimum atomic E-state index is 0. The van der Waals surface area contributed by atoms with Crippen molar-refractivity contribution in [3.05, 3.63) is 48.2 Å². The zero-order chi connectivity index (χ0) is 16.5. The molecule has 1 aromatic heterocycles. The van der Waals surface area contributed by atoms with Crippen molar-refractivity contribution in [2.24, 2.45) is 10.7 Å². The van der Waals surface area contributed by atoms with Gasteiger partial charge in [-0.05, 0) is 24.1 Å². The van der Waals surface area contributed by atoms with Gasteiger partial charge in [0.25, 0.3) is 0 Å². The van der Waals surface area contributed by atoms with Crippen LogP contribution in [0.4, 0.5) is 0 Å². The van der Waals surface area contributed by atoms with Gasteiger partial charge in [-0.25, -0.2) is 9.98 Å². The zero-order valence-corrected chi connectivity index (χ0v) is 16.2. The number of nitrogens with zero attached hydrogens (tertiary/aromatic N) is 2. The number of hydrogen-bond acceptors (Lipinski definition) is 4. The van der Waals surface area contributed by atoms with E-state index in [0.29, 0.717) is 24.1 Å². The van der Waals surface area contributed by atoms with Crippen molar-refractivity contribution in [1.82, 2.24) is 10.3 Å². The van der Waals surface area contributed by atoms with Crippen LogP contribution in [0.1, 0.15) is 18.9 Å². The zero-order valence-electron chi connectivity index (χ0n) is 13.9. The van der Waals surface area contributed by atoms with E-state index in [1.165, 1.54) is 0 Å². The number of aromatic nitrogens is 1. The lowest BCUT2D eigenvalue weighted by molar-refractivity contribution is 0.407. The van der Waals surface area contributed by atoms with Gasteiger partial charge in [-0.1, -0.05) is 19.1 Å². The molecule has 0 fully saturated rings. The van der Waals surface area contributed by atoms with Gasteiger partial charge in [0.05, 0.1) is 13.7 Å². The van der Waals surface area contributed by atoms with E-state index in [2.05, 4.69) is 22.2 Å². The highest BCUT2D eigenvalue weighted by Gasteiger charge is 2.01. The molecule has 0 aliphatic heterocycles. The Labute approximate surface area is 159 Å². The van der Waals surface area contributed by atoms with E-state index in [9.17, 15) is 0 Å². The number of benzene rings is 1.